The van der Waals surface area contributed by atoms with Crippen molar-refractivity contribution in [2.24, 2.45) is 0 Å². The Bertz CT molecular complexity index is 521. The van der Waals surface area contributed by atoms with Crippen LogP contribution in [0.5, 0.6) is 0 Å². The molecule has 0 heterocycles. The molecule has 3 N–H and O–H groups in total. The Morgan fingerprint density at radius 2 is 1.90 bits per heavy atom. The maximum absolute atomic E-state index is 11.7. The van der Waals surface area contributed by atoms with E-state index in [9.17, 15) is 9.59 Å². The minimum absolute atomic E-state index is 0.153. The first-order chi connectivity index (χ1) is 9.91. The van der Waals surface area contributed by atoms with E-state index in [0.717, 1.165) is 18.4 Å². The number of carbonyl (C=O) groups is 2. The lowest BCUT2D eigenvalue weighted by molar-refractivity contribution is -0.137. The molecule has 7 heteroatoms. The molecule has 0 saturated heterocycles. The monoisotopic (exact) mass is 332 g/mol. The van der Waals surface area contributed by atoms with E-state index >= 15 is 0 Å². The van der Waals surface area contributed by atoms with Crippen molar-refractivity contribution in [3.05, 3.63) is 27.7 Å². The molecule has 116 valence electrons. The van der Waals surface area contributed by atoms with Crippen molar-refractivity contribution in [2.45, 2.75) is 32.6 Å². The lowest BCUT2D eigenvalue weighted by Crippen LogP contribution is -2.29. The van der Waals surface area contributed by atoms with E-state index < -0.39 is 5.97 Å². The second-order valence-corrected chi connectivity index (χ2v) is 5.42. The van der Waals surface area contributed by atoms with Gasteiger partial charge in [-0.3, -0.25) is 4.79 Å². The molecule has 5 nitrogen and oxygen atoms in total. The number of carboxylic acids is 1. The predicted molar refractivity (Wildman–Crippen MR) is 84.3 cm³/mol. The molecule has 0 atom stereocenters. The van der Waals surface area contributed by atoms with Gasteiger partial charge in [-0.25, -0.2) is 4.79 Å². The summed E-state index contributed by atoms with van der Waals surface area (Å²) in [6.45, 7) is 2.29. The highest BCUT2D eigenvalue weighted by atomic mass is 35.5. The predicted octanol–water partition coefficient (Wildman–Crippen LogP) is 4.07. The number of halogens is 2. The number of aryl methyl sites for hydroxylation is 1. The topological polar surface area (TPSA) is 78.4 Å². The second kappa shape index (κ2) is 8.74. The lowest BCUT2D eigenvalue weighted by Gasteiger charge is -2.12. The van der Waals surface area contributed by atoms with E-state index in [1.54, 1.807) is 12.1 Å². The van der Waals surface area contributed by atoms with Gasteiger partial charge in [-0.05, 0) is 31.4 Å². The summed E-state index contributed by atoms with van der Waals surface area (Å²) in [5, 5.41) is 14.6. The Labute approximate surface area is 133 Å². The number of carbonyl (C=O) groups excluding carboxylic acids is 1. The van der Waals surface area contributed by atoms with Gasteiger partial charge in [0.1, 0.15) is 0 Å². The SMILES string of the molecule is Cc1ccc(Cl)c(NC(=O)NCCCCCC(=O)O)c1Cl. The molecule has 0 spiro atoms. The average Bonchev–Trinajstić information content (AvgIpc) is 2.43. The number of hydrogen-bond acceptors (Lipinski definition) is 2. The molecule has 0 aliphatic heterocycles. The minimum Gasteiger partial charge on any atom is -0.481 e. The first-order valence-corrected chi connectivity index (χ1v) is 7.38. The summed E-state index contributed by atoms with van der Waals surface area (Å²) in [7, 11) is 0. The van der Waals surface area contributed by atoms with Gasteiger partial charge in [0.15, 0.2) is 0 Å². The average molecular weight is 333 g/mol. The third kappa shape index (κ3) is 6.23. The molecule has 0 unspecified atom stereocenters. The Morgan fingerprint density at radius 3 is 2.57 bits per heavy atom. The van der Waals surface area contributed by atoms with Crippen molar-refractivity contribution < 1.29 is 14.7 Å². The Hall–Kier alpha value is -1.46. The molecular weight excluding hydrogens is 315 g/mol. The standard InChI is InChI=1S/C14H18Cl2N2O3/c1-9-6-7-10(15)13(12(9)16)18-14(21)17-8-4-2-3-5-11(19)20/h6-7H,2-5,8H2,1H3,(H,19,20)(H2,17,18,21). The molecule has 1 aromatic rings. The fraction of sp³-hybridized carbons (Fsp3) is 0.429. The summed E-state index contributed by atoms with van der Waals surface area (Å²) in [5.41, 5.74) is 1.21. The van der Waals surface area contributed by atoms with Crippen LogP contribution in [0.15, 0.2) is 12.1 Å². The van der Waals surface area contributed by atoms with Gasteiger partial charge in [-0.2, -0.15) is 0 Å². The first-order valence-electron chi connectivity index (χ1n) is 6.63. The van der Waals surface area contributed by atoms with Gasteiger partial charge in [0.05, 0.1) is 15.7 Å². The van der Waals surface area contributed by atoms with Crippen LogP contribution in [0.2, 0.25) is 10.0 Å². The molecular formula is C14H18Cl2N2O3. The molecule has 0 aliphatic carbocycles. The highest BCUT2D eigenvalue weighted by Crippen LogP contribution is 2.32. The van der Waals surface area contributed by atoms with Gasteiger partial charge in [0, 0.05) is 13.0 Å². The summed E-state index contributed by atoms with van der Waals surface area (Å²) in [6.07, 6.45) is 2.23. The maximum atomic E-state index is 11.7. The number of hydrogen-bond donors (Lipinski definition) is 3. The lowest BCUT2D eigenvalue weighted by atomic mass is 10.2. The number of rotatable bonds is 7. The van der Waals surface area contributed by atoms with Gasteiger partial charge < -0.3 is 15.7 Å². The fourth-order valence-corrected chi connectivity index (χ4v) is 2.17. The zero-order chi connectivity index (χ0) is 15.8. The van der Waals surface area contributed by atoms with Crippen molar-refractivity contribution in [3.63, 3.8) is 0 Å². The third-order valence-electron chi connectivity index (χ3n) is 2.88. The van der Waals surface area contributed by atoms with Crippen molar-refractivity contribution in [2.75, 3.05) is 11.9 Å². The summed E-state index contributed by atoms with van der Waals surface area (Å²) in [6, 6.07) is 3.06. The second-order valence-electron chi connectivity index (χ2n) is 4.64. The van der Waals surface area contributed by atoms with E-state index in [1.807, 2.05) is 6.92 Å². The molecule has 1 aromatic carbocycles. The molecule has 0 fully saturated rings. The van der Waals surface area contributed by atoms with Crippen molar-refractivity contribution in [1.29, 1.82) is 0 Å². The quantitative estimate of drug-likeness (QED) is 0.658. The minimum atomic E-state index is -0.801. The van der Waals surface area contributed by atoms with E-state index in [1.165, 1.54) is 0 Å². The van der Waals surface area contributed by atoms with Crippen molar-refractivity contribution in [3.8, 4) is 0 Å². The van der Waals surface area contributed by atoms with Crippen LogP contribution in [0, 0.1) is 6.92 Å². The Balaban J connectivity index is 2.35. The number of nitrogens with one attached hydrogen (secondary N) is 2. The Kier molecular flexibility index (Phi) is 7.32. The van der Waals surface area contributed by atoms with Crippen LogP contribution >= 0.6 is 23.2 Å². The first kappa shape index (κ1) is 17.6. The summed E-state index contributed by atoms with van der Waals surface area (Å²) in [4.78, 5) is 22.1. The molecule has 2 amide bonds. The van der Waals surface area contributed by atoms with Crippen LogP contribution < -0.4 is 10.6 Å². The number of anilines is 1. The van der Waals surface area contributed by atoms with Crippen LogP contribution in [-0.4, -0.2) is 23.7 Å². The maximum Gasteiger partial charge on any atom is 0.319 e. The normalized spacial score (nSPS) is 10.2. The molecule has 0 aromatic heterocycles. The van der Waals surface area contributed by atoms with Gasteiger partial charge >= 0.3 is 12.0 Å². The molecule has 0 saturated carbocycles. The number of urea groups is 1. The number of carboxylic acid groups (broad SMARTS) is 1. The highest BCUT2D eigenvalue weighted by molar-refractivity contribution is 6.40. The Morgan fingerprint density at radius 1 is 1.19 bits per heavy atom. The smallest absolute Gasteiger partial charge is 0.319 e. The zero-order valence-electron chi connectivity index (χ0n) is 11.7. The van der Waals surface area contributed by atoms with E-state index in [2.05, 4.69) is 10.6 Å². The summed E-state index contributed by atoms with van der Waals surface area (Å²) < 4.78 is 0. The number of benzene rings is 1. The highest BCUT2D eigenvalue weighted by Gasteiger charge is 2.11. The molecule has 1 rings (SSSR count). The van der Waals surface area contributed by atoms with E-state index in [-0.39, 0.29) is 12.5 Å². The molecule has 21 heavy (non-hydrogen) atoms. The van der Waals surface area contributed by atoms with Gasteiger partial charge in [0.25, 0.3) is 0 Å². The van der Waals surface area contributed by atoms with Crippen LogP contribution in [0.3, 0.4) is 0 Å². The fourth-order valence-electron chi connectivity index (χ4n) is 1.71. The van der Waals surface area contributed by atoms with Crippen LogP contribution in [0.1, 0.15) is 31.2 Å². The third-order valence-corrected chi connectivity index (χ3v) is 3.68. The van der Waals surface area contributed by atoms with Crippen LogP contribution in [-0.2, 0) is 4.79 Å². The number of amides is 2. The molecule has 0 radical (unpaired) electrons. The number of aliphatic carboxylic acids is 1. The van der Waals surface area contributed by atoms with Crippen molar-refractivity contribution in [1.82, 2.24) is 5.32 Å². The largest absolute Gasteiger partial charge is 0.481 e. The van der Waals surface area contributed by atoms with Crippen molar-refractivity contribution >= 4 is 40.9 Å². The molecule has 0 aliphatic rings. The van der Waals surface area contributed by atoms with Gasteiger partial charge in [-0.1, -0.05) is 35.7 Å². The summed E-state index contributed by atoms with van der Waals surface area (Å²) in [5.74, 6) is -0.801. The number of unbranched alkanes of at least 4 members (excludes halogenated alkanes) is 2. The van der Waals surface area contributed by atoms with Gasteiger partial charge in [-0.15, -0.1) is 0 Å². The van der Waals surface area contributed by atoms with Crippen LogP contribution in [0.4, 0.5) is 10.5 Å². The van der Waals surface area contributed by atoms with Gasteiger partial charge in [0.2, 0.25) is 0 Å². The molecule has 0 bridgehead atoms. The summed E-state index contributed by atoms with van der Waals surface area (Å²) >= 11 is 12.1. The zero-order valence-corrected chi connectivity index (χ0v) is 13.2. The van der Waals surface area contributed by atoms with E-state index in [0.29, 0.717) is 28.7 Å². The van der Waals surface area contributed by atoms with Crippen LogP contribution in [0.25, 0.3) is 0 Å². The van der Waals surface area contributed by atoms with E-state index in [4.69, 9.17) is 28.3 Å².